The van der Waals surface area contributed by atoms with Crippen LogP contribution in [0, 0.1) is 5.41 Å². The van der Waals surface area contributed by atoms with E-state index in [1.807, 2.05) is 50.7 Å². The van der Waals surface area contributed by atoms with Crippen molar-refractivity contribution < 1.29 is 9.09 Å². The summed E-state index contributed by atoms with van der Waals surface area (Å²) in [6, 6.07) is 10.3. The minimum absolute atomic E-state index is 0.0323. The maximum Gasteiger partial charge on any atom is 0.277 e. The van der Waals surface area contributed by atoms with Gasteiger partial charge in [-0.05, 0) is 58.6 Å². The maximum absolute atomic E-state index is 14.1. The molecule has 4 heteroatoms. The summed E-state index contributed by atoms with van der Waals surface area (Å²) in [4.78, 5) is 0. The SMILES string of the molecule is CCCC(C)(CCC)COP(=O)(N(C)[C@@H](C)c1ccccc1)C(C)(C)C. The number of nitrogens with zero attached hydrogens (tertiary/aromatic N) is 1. The van der Waals surface area contributed by atoms with Gasteiger partial charge in [0, 0.05) is 6.04 Å². The third kappa shape index (κ3) is 5.68. The molecule has 0 N–H and O–H groups in total. The second kappa shape index (κ2) is 9.53. The first-order chi connectivity index (χ1) is 12.0. The third-order valence-corrected chi connectivity index (χ3v) is 8.75. The highest BCUT2D eigenvalue weighted by Gasteiger charge is 2.45. The van der Waals surface area contributed by atoms with E-state index in [-0.39, 0.29) is 11.5 Å². The van der Waals surface area contributed by atoms with Gasteiger partial charge in [0.1, 0.15) is 0 Å². The Bertz CT molecular complexity index is 574. The molecule has 0 radical (unpaired) electrons. The van der Waals surface area contributed by atoms with Crippen LogP contribution in [-0.2, 0) is 9.09 Å². The molecule has 0 saturated heterocycles. The zero-order chi connectivity index (χ0) is 20.0. The monoisotopic (exact) mass is 381 g/mol. The standard InChI is InChI=1S/C22H40NO2P/c1-9-16-22(7,17-10-2)18-25-26(24,21(4,5)6)23(8)19(3)20-14-12-11-13-15-20/h11-15,19H,9-10,16-18H2,1-8H3/t19-,26?/m0/s1. The first-order valence-corrected chi connectivity index (χ1v) is 11.6. The lowest BCUT2D eigenvalue weighted by Gasteiger charge is -2.42. The van der Waals surface area contributed by atoms with E-state index in [1.165, 1.54) is 0 Å². The molecule has 1 aromatic carbocycles. The topological polar surface area (TPSA) is 29.5 Å². The summed E-state index contributed by atoms with van der Waals surface area (Å²) in [6.07, 6.45) is 4.44. The lowest BCUT2D eigenvalue weighted by atomic mass is 9.82. The smallest absolute Gasteiger partial charge is 0.277 e. The Kier molecular flexibility index (Phi) is 8.58. The molecule has 0 bridgehead atoms. The summed E-state index contributed by atoms with van der Waals surface area (Å²) in [7, 11) is -1.08. The molecule has 26 heavy (non-hydrogen) atoms. The first-order valence-electron chi connectivity index (χ1n) is 10.0. The Labute approximate surface area is 162 Å². The van der Waals surface area contributed by atoms with Gasteiger partial charge < -0.3 is 4.52 Å². The summed E-state index contributed by atoms with van der Waals surface area (Å²) >= 11 is 0. The Hall–Kier alpha value is -0.630. The van der Waals surface area contributed by atoms with Crippen LogP contribution in [0.1, 0.15) is 85.8 Å². The predicted molar refractivity (Wildman–Crippen MR) is 114 cm³/mol. The van der Waals surface area contributed by atoms with Gasteiger partial charge in [0.15, 0.2) is 0 Å². The zero-order valence-electron chi connectivity index (χ0n) is 18.2. The van der Waals surface area contributed by atoms with Crippen molar-refractivity contribution >= 4 is 7.52 Å². The van der Waals surface area contributed by atoms with Crippen LogP contribution in [0.15, 0.2) is 30.3 Å². The molecule has 1 aromatic rings. The summed E-state index contributed by atoms with van der Waals surface area (Å²) < 4.78 is 22.4. The second-order valence-electron chi connectivity index (χ2n) is 8.94. The van der Waals surface area contributed by atoms with Crippen LogP contribution in [0.2, 0.25) is 0 Å². The van der Waals surface area contributed by atoms with Crippen LogP contribution in [0.3, 0.4) is 0 Å². The van der Waals surface area contributed by atoms with E-state index in [1.54, 1.807) is 0 Å². The summed E-state index contributed by atoms with van der Waals surface area (Å²) in [5, 5.41) is -0.440. The van der Waals surface area contributed by atoms with Gasteiger partial charge in [0.2, 0.25) is 0 Å². The fraction of sp³-hybridized carbons (Fsp3) is 0.727. The Morgan fingerprint density at radius 2 is 1.54 bits per heavy atom. The van der Waals surface area contributed by atoms with Crippen LogP contribution in [0.25, 0.3) is 0 Å². The van der Waals surface area contributed by atoms with Gasteiger partial charge in [0.25, 0.3) is 7.52 Å². The molecule has 3 nitrogen and oxygen atoms in total. The molecular weight excluding hydrogens is 341 g/mol. The largest absolute Gasteiger partial charge is 0.316 e. The molecule has 1 rings (SSSR count). The lowest BCUT2D eigenvalue weighted by molar-refractivity contribution is 0.122. The number of hydrogen-bond donors (Lipinski definition) is 0. The van der Waals surface area contributed by atoms with Gasteiger partial charge in [-0.1, -0.05) is 63.9 Å². The Balaban J connectivity index is 3.09. The van der Waals surface area contributed by atoms with Gasteiger partial charge in [-0.25, -0.2) is 4.67 Å². The quantitative estimate of drug-likeness (QED) is 0.398. The molecule has 0 spiro atoms. The molecule has 150 valence electrons. The zero-order valence-corrected chi connectivity index (χ0v) is 19.1. The molecule has 0 aliphatic carbocycles. The van der Waals surface area contributed by atoms with Crippen molar-refractivity contribution in [3.63, 3.8) is 0 Å². The Morgan fingerprint density at radius 3 is 1.96 bits per heavy atom. The lowest BCUT2D eigenvalue weighted by Crippen LogP contribution is -2.33. The van der Waals surface area contributed by atoms with Gasteiger partial charge >= 0.3 is 0 Å². The summed E-state index contributed by atoms with van der Waals surface area (Å²) in [5.41, 5.74) is 1.24. The minimum Gasteiger partial charge on any atom is -0.316 e. The number of benzene rings is 1. The van der Waals surface area contributed by atoms with Crippen molar-refractivity contribution in [1.82, 2.24) is 4.67 Å². The van der Waals surface area contributed by atoms with E-state index in [0.717, 1.165) is 31.2 Å². The number of hydrogen-bond acceptors (Lipinski definition) is 2. The fourth-order valence-corrected chi connectivity index (χ4v) is 6.24. The molecule has 1 unspecified atom stereocenters. The van der Waals surface area contributed by atoms with E-state index >= 15 is 0 Å². The van der Waals surface area contributed by atoms with E-state index in [9.17, 15) is 4.57 Å². The molecule has 0 amide bonds. The van der Waals surface area contributed by atoms with Gasteiger partial charge in [-0.3, -0.25) is 4.57 Å². The highest BCUT2D eigenvalue weighted by atomic mass is 31.2. The maximum atomic E-state index is 14.1. The second-order valence-corrected chi connectivity index (χ2v) is 12.2. The van der Waals surface area contributed by atoms with Gasteiger partial charge in [-0.15, -0.1) is 0 Å². The molecule has 2 atom stereocenters. The van der Waals surface area contributed by atoms with Crippen molar-refractivity contribution in [3.05, 3.63) is 35.9 Å². The average Bonchev–Trinajstić information content (AvgIpc) is 2.58. The third-order valence-electron chi connectivity index (χ3n) is 5.40. The van der Waals surface area contributed by atoms with Crippen molar-refractivity contribution in [2.75, 3.05) is 13.7 Å². The molecule has 0 aliphatic rings. The highest BCUT2D eigenvalue weighted by molar-refractivity contribution is 7.58. The normalized spacial score (nSPS) is 16.5. The Morgan fingerprint density at radius 1 is 1.04 bits per heavy atom. The van der Waals surface area contributed by atoms with E-state index in [2.05, 4.69) is 39.8 Å². The van der Waals surface area contributed by atoms with Crippen LogP contribution in [-0.4, -0.2) is 23.5 Å². The summed E-state index contributed by atoms with van der Waals surface area (Å²) in [6.45, 7) is 15.4. The summed E-state index contributed by atoms with van der Waals surface area (Å²) in [5.74, 6) is 0. The van der Waals surface area contributed by atoms with Crippen LogP contribution < -0.4 is 0 Å². The van der Waals surface area contributed by atoms with Crippen LogP contribution in [0.4, 0.5) is 0 Å². The average molecular weight is 382 g/mol. The molecular formula is C22H40NO2P. The number of rotatable bonds is 10. The molecule has 0 saturated carbocycles. The van der Waals surface area contributed by atoms with Crippen molar-refractivity contribution in [3.8, 4) is 0 Å². The highest BCUT2D eigenvalue weighted by Crippen LogP contribution is 2.64. The van der Waals surface area contributed by atoms with Gasteiger partial charge in [-0.2, -0.15) is 0 Å². The van der Waals surface area contributed by atoms with Crippen molar-refractivity contribution in [2.45, 2.75) is 85.3 Å². The van der Waals surface area contributed by atoms with Gasteiger partial charge in [0.05, 0.1) is 11.8 Å². The molecule has 0 fully saturated rings. The predicted octanol–water partition coefficient (Wildman–Crippen LogP) is 7.29. The van der Waals surface area contributed by atoms with E-state index in [4.69, 9.17) is 4.52 Å². The van der Waals surface area contributed by atoms with E-state index in [0.29, 0.717) is 6.61 Å². The minimum atomic E-state index is -3.03. The molecule has 0 aliphatic heterocycles. The first kappa shape index (κ1) is 23.4. The van der Waals surface area contributed by atoms with Crippen LogP contribution in [0.5, 0.6) is 0 Å². The van der Waals surface area contributed by atoms with Crippen LogP contribution >= 0.6 is 7.52 Å². The van der Waals surface area contributed by atoms with Crippen molar-refractivity contribution in [1.29, 1.82) is 0 Å². The van der Waals surface area contributed by atoms with E-state index < -0.39 is 12.7 Å². The molecule has 0 heterocycles. The fourth-order valence-electron chi connectivity index (χ4n) is 3.65. The van der Waals surface area contributed by atoms with Crippen molar-refractivity contribution in [2.24, 2.45) is 5.41 Å². The molecule has 0 aromatic heterocycles.